The molecule has 0 unspecified atom stereocenters. The van der Waals surface area contributed by atoms with Crippen molar-refractivity contribution in [2.75, 3.05) is 5.32 Å². The molecule has 1 aliphatic carbocycles. The maximum absolute atomic E-state index is 12.7. The number of nitrogens with one attached hydrogen (secondary N) is 2. The Kier molecular flexibility index (Phi) is 6.86. The SMILES string of the molecule is O=C1N=C(Nc2cc(C(=O)N[C@H]3CC[C@H](O)CC3)ccc2Cl)SC1=Cc1ccc2ncccc2c1. The van der Waals surface area contributed by atoms with Gasteiger partial charge in [-0.2, -0.15) is 4.99 Å². The standard InChI is InChI=1S/C26H23ClN4O3S/c27-20-9-4-17(24(33)29-18-5-7-19(32)8-6-18)14-22(20)30-26-31-25(34)23(35-26)13-15-3-10-21-16(12-15)2-1-11-28-21/h1-4,9-14,18-19,32H,5-8H2,(H,29,33)(H,30,31,34)/t18-,19-. The van der Waals surface area contributed by atoms with Crippen molar-refractivity contribution in [1.29, 1.82) is 0 Å². The van der Waals surface area contributed by atoms with Crippen molar-refractivity contribution >= 4 is 63.0 Å². The number of thioether (sulfide) groups is 1. The monoisotopic (exact) mass is 506 g/mol. The van der Waals surface area contributed by atoms with Crippen LogP contribution in [0.25, 0.3) is 17.0 Å². The molecule has 1 fully saturated rings. The van der Waals surface area contributed by atoms with E-state index in [9.17, 15) is 14.7 Å². The molecule has 1 saturated carbocycles. The summed E-state index contributed by atoms with van der Waals surface area (Å²) in [4.78, 5) is 34.2. The Labute approximate surface area is 211 Å². The maximum Gasteiger partial charge on any atom is 0.286 e. The van der Waals surface area contributed by atoms with Crippen LogP contribution in [0.2, 0.25) is 5.02 Å². The Morgan fingerprint density at radius 2 is 1.94 bits per heavy atom. The number of hydrogen-bond acceptors (Lipinski definition) is 6. The summed E-state index contributed by atoms with van der Waals surface area (Å²) in [5.41, 5.74) is 2.72. The second-order valence-corrected chi connectivity index (χ2v) is 10.0. The van der Waals surface area contributed by atoms with Crippen LogP contribution in [0, 0.1) is 0 Å². The molecule has 0 atom stereocenters. The Hall–Kier alpha value is -3.20. The summed E-state index contributed by atoms with van der Waals surface area (Å²) in [5, 5.41) is 17.6. The number of aliphatic imine (C=N–C) groups is 1. The lowest BCUT2D eigenvalue weighted by atomic mass is 9.93. The number of benzene rings is 2. The lowest BCUT2D eigenvalue weighted by molar-refractivity contribution is -0.113. The summed E-state index contributed by atoms with van der Waals surface area (Å²) >= 11 is 7.57. The number of amides is 2. The number of aliphatic hydroxyl groups excluding tert-OH is 1. The molecule has 0 bridgehead atoms. The highest BCUT2D eigenvalue weighted by Gasteiger charge is 2.24. The first kappa shape index (κ1) is 23.5. The molecule has 7 nitrogen and oxygen atoms in total. The fourth-order valence-electron chi connectivity index (χ4n) is 4.16. The van der Waals surface area contributed by atoms with Gasteiger partial charge in [0.2, 0.25) is 0 Å². The number of nitrogens with zero attached hydrogens (tertiary/aromatic N) is 2. The molecule has 3 N–H and O–H groups in total. The highest BCUT2D eigenvalue weighted by atomic mass is 35.5. The van der Waals surface area contributed by atoms with Gasteiger partial charge < -0.3 is 15.7 Å². The van der Waals surface area contributed by atoms with Crippen molar-refractivity contribution < 1.29 is 14.7 Å². The molecule has 2 amide bonds. The maximum atomic E-state index is 12.7. The minimum Gasteiger partial charge on any atom is -0.393 e. The Bertz CT molecular complexity index is 1370. The number of pyridine rings is 1. The second kappa shape index (κ2) is 10.2. The van der Waals surface area contributed by atoms with Crippen molar-refractivity contribution in [1.82, 2.24) is 10.3 Å². The molecule has 2 aliphatic rings. The molecule has 2 heterocycles. The van der Waals surface area contributed by atoms with Crippen molar-refractivity contribution in [3.8, 4) is 0 Å². The van der Waals surface area contributed by atoms with Crippen molar-refractivity contribution in [2.24, 2.45) is 4.99 Å². The van der Waals surface area contributed by atoms with Crippen LogP contribution in [0.15, 0.2) is 64.6 Å². The third-order valence-corrected chi connectivity index (χ3v) is 7.28. The number of amidine groups is 1. The van der Waals surface area contributed by atoms with Crippen LogP contribution < -0.4 is 10.6 Å². The molecule has 2 aromatic carbocycles. The number of carbonyl (C=O) groups excluding carboxylic acids is 2. The number of aliphatic hydroxyl groups is 1. The lowest BCUT2D eigenvalue weighted by Crippen LogP contribution is -2.38. The van der Waals surface area contributed by atoms with Crippen LogP contribution in [0.4, 0.5) is 5.69 Å². The minimum atomic E-state index is -0.340. The predicted molar refractivity (Wildman–Crippen MR) is 141 cm³/mol. The van der Waals surface area contributed by atoms with Gasteiger partial charge in [0, 0.05) is 23.2 Å². The molecule has 0 spiro atoms. The summed E-state index contributed by atoms with van der Waals surface area (Å²) in [6, 6.07) is 14.6. The predicted octanol–water partition coefficient (Wildman–Crippen LogP) is 5.00. The summed E-state index contributed by atoms with van der Waals surface area (Å²) in [6.45, 7) is 0. The number of rotatable bonds is 4. The summed E-state index contributed by atoms with van der Waals surface area (Å²) in [5.74, 6) is -0.539. The number of halogens is 1. The van der Waals surface area contributed by atoms with Crippen LogP contribution in [-0.2, 0) is 4.79 Å². The number of anilines is 1. The van der Waals surface area contributed by atoms with Gasteiger partial charge in [0.25, 0.3) is 11.8 Å². The van der Waals surface area contributed by atoms with Crippen LogP contribution in [0.3, 0.4) is 0 Å². The molecule has 1 aliphatic heterocycles. The van der Waals surface area contributed by atoms with E-state index >= 15 is 0 Å². The van der Waals surface area contributed by atoms with E-state index in [1.807, 2.05) is 30.3 Å². The molecule has 0 saturated heterocycles. The molecular weight excluding hydrogens is 484 g/mol. The molecule has 1 aromatic heterocycles. The summed E-state index contributed by atoms with van der Waals surface area (Å²) in [7, 11) is 0. The van der Waals surface area contributed by atoms with Crippen molar-refractivity contribution in [3.63, 3.8) is 0 Å². The van der Waals surface area contributed by atoms with E-state index in [1.165, 1.54) is 11.8 Å². The van der Waals surface area contributed by atoms with Gasteiger partial charge in [0.1, 0.15) is 0 Å². The zero-order chi connectivity index (χ0) is 24.4. The molecule has 35 heavy (non-hydrogen) atoms. The van der Waals surface area contributed by atoms with Gasteiger partial charge in [0.15, 0.2) is 5.17 Å². The number of carbonyl (C=O) groups is 2. The molecular formula is C26H23ClN4O3S. The number of fused-ring (bicyclic) bond motifs is 1. The topological polar surface area (TPSA) is 104 Å². The smallest absolute Gasteiger partial charge is 0.286 e. The average Bonchev–Trinajstić information content (AvgIpc) is 3.20. The van der Waals surface area contributed by atoms with Gasteiger partial charge in [-0.15, -0.1) is 0 Å². The third kappa shape index (κ3) is 5.56. The van der Waals surface area contributed by atoms with E-state index in [0.29, 0.717) is 39.2 Å². The van der Waals surface area contributed by atoms with E-state index in [1.54, 1.807) is 30.5 Å². The van der Waals surface area contributed by atoms with Crippen LogP contribution in [-0.4, -0.2) is 39.2 Å². The van der Waals surface area contributed by atoms with E-state index < -0.39 is 0 Å². The van der Waals surface area contributed by atoms with E-state index in [0.717, 1.165) is 29.3 Å². The molecule has 0 radical (unpaired) electrons. The second-order valence-electron chi connectivity index (χ2n) is 8.59. The van der Waals surface area contributed by atoms with Gasteiger partial charge in [-0.25, -0.2) is 0 Å². The van der Waals surface area contributed by atoms with Crippen molar-refractivity contribution in [3.05, 3.63) is 75.8 Å². The average molecular weight is 507 g/mol. The van der Waals surface area contributed by atoms with Gasteiger partial charge in [-0.1, -0.05) is 23.7 Å². The van der Waals surface area contributed by atoms with Gasteiger partial charge in [0.05, 0.1) is 27.2 Å². The summed E-state index contributed by atoms with van der Waals surface area (Å²) < 4.78 is 0. The molecule has 3 aromatic rings. The number of hydrogen-bond donors (Lipinski definition) is 3. The fourth-order valence-corrected chi connectivity index (χ4v) is 5.15. The van der Waals surface area contributed by atoms with E-state index in [-0.39, 0.29) is 24.0 Å². The highest BCUT2D eigenvalue weighted by molar-refractivity contribution is 8.18. The first-order valence-electron chi connectivity index (χ1n) is 11.4. The fraction of sp³-hybridized carbons (Fsp3) is 0.231. The lowest BCUT2D eigenvalue weighted by Gasteiger charge is -2.26. The van der Waals surface area contributed by atoms with Crippen LogP contribution >= 0.6 is 23.4 Å². The first-order chi connectivity index (χ1) is 16.9. The van der Waals surface area contributed by atoms with Crippen LogP contribution in [0.5, 0.6) is 0 Å². The summed E-state index contributed by atoms with van der Waals surface area (Å²) in [6.07, 6.45) is 6.15. The quantitative estimate of drug-likeness (QED) is 0.430. The highest BCUT2D eigenvalue weighted by Crippen LogP contribution is 2.32. The molecule has 5 rings (SSSR count). The van der Waals surface area contributed by atoms with Gasteiger partial charge in [-0.05, 0) is 85.5 Å². The molecule has 9 heteroatoms. The van der Waals surface area contributed by atoms with Gasteiger partial charge in [-0.3, -0.25) is 14.6 Å². The van der Waals surface area contributed by atoms with Crippen LogP contribution in [0.1, 0.15) is 41.6 Å². The number of aromatic nitrogens is 1. The van der Waals surface area contributed by atoms with E-state index in [2.05, 4.69) is 20.6 Å². The largest absolute Gasteiger partial charge is 0.393 e. The minimum absolute atomic E-state index is 0.0453. The normalized spacial score (nSPS) is 21.3. The Balaban J connectivity index is 1.27. The zero-order valence-corrected chi connectivity index (χ0v) is 20.3. The van der Waals surface area contributed by atoms with E-state index in [4.69, 9.17) is 11.6 Å². The van der Waals surface area contributed by atoms with Crippen molar-refractivity contribution in [2.45, 2.75) is 37.8 Å². The van der Waals surface area contributed by atoms with Gasteiger partial charge >= 0.3 is 0 Å². The Morgan fingerprint density at radius 1 is 1.11 bits per heavy atom. The zero-order valence-electron chi connectivity index (χ0n) is 18.7. The Morgan fingerprint density at radius 3 is 2.77 bits per heavy atom. The molecule has 178 valence electrons. The first-order valence-corrected chi connectivity index (χ1v) is 12.6. The third-order valence-electron chi connectivity index (χ3n) is 6.05.